The Morgan fingerprint density at radius 1 is 1.29 bits per heavy atom. The molecule has 1 heterocycles. The van der Waals surface area contributed by atoms with Crippen LogP contribution in [0.3, 0.4) is 0 Å². The highest BCUT2D eigenvalue weighted by Gasteiger charge is 2.23. The SMILES string of the molecule is N[C@@H]1CCN(C(=O)Nc2cccc(OC3CCCC3)c2)C1. The average molecular weight is 289 g/mol. The highest BCUT2D eigenvalue weighted by molar-refractivity contribution is 5.89. The molecule has 1 atom stereocenters. The Hall–Kier alpha value is -1.75. The minimum atomic E-state index is -0.0824. The summed E-state index contributed by atoms with van der Waals surface area (Å²) in [6.45, 7) is 1.36. The third-order valence-electron chi connectivity index (χ3n) is 4.20. The van der Waals surface area contributed by atoms with Gasteiger partial charge in [-0.25, -0.2) is 4.79 Å². The van der Waals surface area contributed by atoms with Gasteiger partial charge in [0.25, 0.3) is 0 Å². The number of nitrogens with one attached hydrogen (secondary N) is 1. The van der Waals surface area contributed by atoms with Crippen LogP contribution in [-0.4, -0.2) is 36.2 Å². The van der Waals surface area contributed by atoms with Gasteiger partial charge in [-0.2, -0.15) is 0 Å². The largest absolute Gasteiger partial charge is 0.490 e. The summed E-state index contributed by atoms with van der Waals surface area (Å²) in [5.41, 5.74) is 6.60. The lowest BCUT2D eigenvalue weighted by Gasteiger charge is -2.18. The lowest BCUT2D eigenvalue weighted by Crippen LogP contribution is -2.35. The van der Waals surface area contributed by atoms with Crippen LogP contribution in [0, 0.1) is 0 Å². The van der Waals surface area contributed by atoms with Gasteiger partial charge in [-0.1, -0.05) is 6.07 Å². The fourth-order valence-electron chi connectivity index (χ4n) is 3.02. The highest BCUT2D eigenvalue weighted by atomic mass is 16.5. The standard InChI is InChI=1S/C16H23N3O2/c17-12-8-9-19(11-12)16(20)18-13-4-3-7-15(10-13)21-14-5-1-2-6-14/h3-4,7,10,12,14H,1-2,5-6,8-9,11,17H2,(H,18,20)/t12-/m1/s1. The molecule has 2 aliphatic rings. The number of urea groups is 1. The van der Waals surface area contributed by atoms with Crippen LogP contribution < -0.4 is 15.8 Å². The Morgan fingerprint density at radius 3 is 2.81 bits per heavy atom. The van der Waals surface area contributed by atoms with Crippen LogP contribution in [-0.2, 0) is 0 Å². The average Bonchev–Trinajstić information content (AvgIpc) is 3.11. The number of rotatable bonds is 3. The summed E-state index contributed by atoms with van der Waals surface area (Å²) in [5.74, 6) is 0.831. The second-order valence-corrected chi connectivity index (χ2v) is 5.98. The van der Waals surface area contributed by atoms with Crippen molar-refractivity contribution in [2.24, 2.45) is 5.73 Å². The molecule has 1 aromatic rings. The van der Waals surface area contributed by atoms with E-state index in [0.29, 0.717) is 12.6 Å². The van der Waals surface area contributed by atoms with E-state index in [4.69, 9.17) is 10.5 Å². The quantitative estimate of drug-likeness (QED) is 0.898. The van der Waals surface area contributed by atoms with Gasteiger partial charge in [-0.15, -0.1) is 0 Å². The molecule has 21 heavy (non-hydrogen) atoms. The number of nitrogens with two attached hydrogens (primary N) is 1. The highest BCUT2D eigenvalue weighted by Crippen LogP contribution is 2.26. The van der Waals surface area contributed by atoms with Crippen LogP contribution in [0.1, 0.15) is 32.1 Å². The van der Waals surface area contributed by atoms with E-state index in [2.05, 4.69) is 5.32 Å². The van der Waals surface area contributed by atoms with Crippen LogP contribution >= 0.6 is 0 Å². The molecule has 0 spiro atoms. The van der Waals surface area contributed by atoms with E-state index in [9.17, 15) is 4.79 Å². The summed E-state index contributed by atoms with van der Waals surface area (Å²) in [6, 6.07) is 7.66. The van der Waals surface area contributed by atoms with E-state index >= 15 is 0 Å². The zero-order valence-corrected chi connectivity index (χ0v) is 12.3. The summed E-state index contributed by atoms with van der Waals surface area (Å²) in [5, 5.41) is 2.92. The maximum absolute atomic E-state index is 12.1. The van der Waals surface area contributed by atoms with E-state index in [-0.39, 0.29) is 12.1 Å². The number of ether oxygens (including phenoxy) is 1. The maximum Gasteiger partial charge on any atom is 0.321 e. The lowest BCUT2D eigenvalue weighted by molar-refractivity contribution is 0.210. The normalized spacial score (nSPS) is 22.5. The second-order valence-electron chi connectivity index (χ2n) is 5.98. The number of nitrogens with zero attached hydrogens (tertiary/aromatic N) is 1. The molecule has 1 saturated carbocycles. The molecule has 1 saturated heterocycles. The van der Waals surface area contributed by atoms with E-state index in [1.54, 1.807) is 4.90 Å². The van der Waals surface area contributed by atoms with E-state index in [1.807, 2.05) is 24.3 Å². The zero-order valence-electron chi connectivity index (χ0n) is 12.3. The number of benzene rings is 1. The van der Waals surface area contributed by atoms with E-state index in [1.165, 1.54) is 12.8 Å². The number of likely N-dealkylation sites (tertiary alicyclic amines) is 1. The molecule has 3 N–H and O–H groups in total. The second kappa shape index (κ2) is 6.35. The van der Waals surface area contributed by atoms with Crippen molar-refractivity contribution in [3.05, 3.63) is 24.3 Å². The molecule has 5 nitrogen and oxygen atoms in total. The van der Waals surface area contributed by atoms with Gasteiger partial charge in [-0.3, -0.25) is 0 Å². The van der Waals surface area contributed by atoms with Gasteiger partial charge in [0.2, 0.25) is 0 Å². The molecule has 5 heteroatoms. The maximum atomic E-state index is 12.1. The molecule has 2 fully saturated rings. The molecule has 1 aliphatic heterocycles. The first-order chi connectivity index (χ1) is 10.2. The molecular formula is C16H23N3O2. The number of amides is 2. The van der Waals surface area contributed by atoms with Gasteiger partial charge in [-0.05, 0) is 44.2 Å². The number of hydrogen-bond acceptors (Lipinski definition) is 3. The summed E-state index contributed by atoms with van der Waals surface area (Å²) >= 11 is 0. The molecule has 0 radical (unpaired) electrons. The van der Waals surface area contributed by atoms with Crippen LogP contribution in [0.4, 0.5) is 10.5 Å². The topological polar surface area (TPSA) is 67.6 Å². The number of carbonyl (C=O) groups excluding carboxylic acids is 1. The molecule has 1 aromatic carbocycles. The van der Waals surface area contributed by atoms with Crippen LogP contribution in [0.2, 0.25) is 0 Å². The summed E-state index contributed by atoms with van der Waals surface area (Å²) < 4.78 is 5.96. The Morgan fingerprint density at radius 2 is 2.10 bits per heavy atom. The fourth-order valence-corrected chi connectivity index (χ4v) is 3.02. The minimum absolute atomic E-state index is 0.0824. The van der Waals surface area contributed by atoms with Gasteiger partial charge in [0.05, 0.1) is 6.10 Å². The van der Waals surface area contributed by atoms with E-state index < -0.39 is 0 Å². The Labute approximate surface area is 125 Å². The number of anilines is 1. The Kier molecular flexibility index (Phi) is 4.29. The molecule has 0 bridgehead atoms. The Bertz CT molecular complexity index is 500. The molecule has 0 unspecified atom stereocenters. The minimum Gasteiger partial charge on any atom is -0.490 e. The number of hydrogen-bond donors (Lipinski definition) is 2. The van der Waals surface area contributed by atoms with Crippen molar-refractivity contribution in [3.8, 4) is 5.75 Å². The molecule has 2 amide bonds. The third-order valence-corrected chi connectivity index (χ3v) is 4.20. The molecule has 3 rings (SSSR count). The first kappa shape index (κ1) is 14.2. The van der Waals surface area contributed by atoms with Gasteiger partial charge in [0, 0.05) is 30.9 Å². The molecular weight excluding hydrogens is 266 g/mol. The van der Waals surface area contributed by atoms with Crippen molar-refractivity contribution in [1.29, 1.82) is 0 Å². The van der Waals surface area contributed by atoms with Crippen molar-refractivity contribution in [3.63, 3.8) is 0 Å². The van der Waals surface area contributed by atoms with Gasteiger partial charge in [0.15, 0.2) is 0 Å². The predicted octanol–water partition coefficient (Wildman–Crippen LogP) is 2.57. The summed E-state index contributed by atoms with van der Waals surface area (Å²) in [6.07, 6.45) is 5.95. The smallest absolute Gasteiger partial charge is 0.321 e. The van der Waals surface area contributed by atoms with E-state index in [0.717, 1.165) is 37.2 Å². The predicted molar refractivity (Wildman–Crippen MR) is 82.5 cm³/mol. The van der Waals surface area contributed by atoms with Crippen molar-refractivity contribution < 1.29 is 9.53 Å². The molecule has 0 aromatic heterocycles. The van der Waals surface area contributed by atoms with Crippen LogP contribution in [0.15, 0.2) is 24.3 Å². The number of carbonyl (C=O) groups is 1. The molecule has 114 valence electrons. The monoisotopic (exact) mass is 289 g/mol. The first-order valence-electron chi connectivity index (χ1n) is 7.79. The van der Waals surface area contributed by atoms with Crippen molar-refractivity contribution >= 4 is 11.7 Å². The fraction of sp³-hybridized carbons (Fsp3) is 0.562. The van der Waals surface area contributed by atoms with Gasteiger partial charge in [0.1, 0.15) is 5.75 Å². The summed E-state index contributed by atoms with van der Waals surface area (Å²) in [4.78, 5) is 13.9. The zero-order chi connectivity index (χ0) is 14.7. The third kappa shape index (κ3) is 3.67. The van der Waals surface area contributed by atoms with Crippen LogP contribution in [0.25, 0.3) is 0 Å². The summed E-state index contributed by atoms with van der Waals surface area (Å²) in [7, 11) is 0. The van der Waals surface area contributed by atoms with Crippen molar-refractivity contribution in [2.75, 3.05) is 18.4 Å². The van der Waals surface area contributed by atoms with Gasteiger partial charge < -0.3 is 20.7 Å². The van der Waals surface area contributed by atoms with Crippen molar-refractivity contribution in [2.45, 2.75) is 44.2 Å². The van der Waals surface area contributed by atoms with Crippen molar-refractivity contribution in [1.82, 2.24) is 4.90 Å². The Balaban J connectivity index is 1.58. The first-order valence-corrected chi connectivity index (χ1v) is 7.79. The van der Waals surface area contributed by atoms with Gasteiger partial charge >= 0.3 is 6.03 Å². The molecule has 1 aliphatic carbocycles. The lowest BCUT2D eigenvalue weighted by atomic mass is 10.2. The van der Waals surface area contributed by atoms with Crippen LogP contribution in [0.5, 0.6) is 5.75 Å².